The lowest BCUT2D eigenvalue weighted by Crippen LogP contribution is -2.28. The highest BCUT2D eigenvalue weighted by Crippen LogP contribution is 2.28. The van der Waals surface area contributed by atoms with Gasteiger partial charge >= 0.3 is 5.69 Å². The highest BCUT2D eigenvalue weighted by atomic mass is 32.2. The van der Waals surface area contributed by atoms with Crippen LogP contribution in [0.3, 0.4) is 0 Å². The molecule has 0 N–H and O–H groups in total. The van der Waals surface area contributed by atoms with E-state index in [-0.39, 0.29) is 6.54 Å². The summed E-state index contributed by atoms with van der Waals surface area (Å²) in [5.41, 5.74) is -1.00. The summed E-state index contributed by atoms with van der Waals surface area (Å²) >= 11 is 0. The Kier molecular flexibility index (Phi) is 5.58. The van der Waals surface area contributed by atoms with E-state index in [0.717, 1.165) is 35.3 Å². The van der Waals surface area contributed by atoms with Crippen molar-refractivity contribution < 1.29 is 17.7 Å². The van der Waals surface area contributed by atoms with Crippen molar-refractivity contribution in [2.75, 3.05) is 13.6 Å². The van der Waals surface area contributed by atoms with Crippen molar-refractivity contribution in [3.8, 4) is 0 Å². The molecule has 0 saturated carbocycles. The van der Waals surface area contributed by atoms with E-state index in [1.165, 1.54) is 7.05 Å². The van der Waals surface area contributed by atoms with Crippen LogP contribution in [0, 0.1) is 15.9 Å². The van der Waals surface area contributed by atoms with Gasteiger partial charge in [0, 0.05) is 13.6 Å². The number of nitrogens with zero attached hydrogens (tertiary/aromatic N) is 2. The molecular formula is C12H17FN2O4S. The van der Waals surface area contributed by atoms with Crippen LogP contribution in [-0.2, 0) is 10.0 Å². The number of unbranched alkanes of at least 4 members (excludes halogenated alkanes) is 2. The molecule has 1 aromatic carbocycles. The quantitative estimate of drug-likeness (QED) is 0.440. The fourth-order valence-corrected chi connectivity index (χ4v) is 3.13. The van der Waals surface area contributed by atoms with Crippen LogP contribution in [-0.4, -0.2) is 31.2 Å². The Labute approximate surface area is 117 Å². The van der Waals surface area contributed by atoms with E-state index in [0.29, 0.717) is 6.42 Å². The van der Waals surface area contributed by atoms with E-state index in [2.05, 4.69) is 0 Å². The largest absolute Gasteiger partial charge is 0.324 e. The van der Waals surface area contributed by atoms with Crippen molar-refractivity contribution >= 4 is 15.7 Å². The van der Waals surface area contributed by atoms with Gasteiger partial charge in [-0.05, 0) is 18.6 Å². The van der Waals surface area contributed by atoms with Crippen LogP contribution in [0.5, 0.6) is 0 Å². The molecule has 8 heteroatoms. The summed E-state index contributed by atoms with van der Waals surface area (Å²) in [6.07, 6.45) is 2.43. The predicted molar refractivity (Wildman–Crippen MR) is 72.4 cm³/mol. The van der Waals surface area contributed by atoms with E-state index >= 15 is 0 Å². The van der Waals surface area contributed by atoms with Crippen molar-refractivity contribution in [2.45, 2.75) is 31.1 Å². The number of hydrogen-bond donors (Lipinski definition) is 0. The maximum absolute atomic E-state index is 13.5. The van der Waals surface area contributed by atoms with Crippen LogP contribution in [0.4, 0.5) is 10.1 Å². The van der Waals surface area contributed by atoms with Crippen molar-refractivity contribution in [3.63, 3.8) is 0 Å². The summed E-state index contributed by atoms with van der Waals surface area (Å²) in [5, 5.41) is 10.9. The summed E-state index contributed by atoms with van der Waals surface area (Å²) in [6, 6.07) is 3.07. The van der Waals surface area contributed by atoms with Gasteiger partial charge in [-0.3, -0.25) is 10.1 Å². The fraction of sp³-hybridized carbons (Fsp3) is 0.500. The Morgan fingerprint density at radius 3 is 2.55 bits per heavy atom. The monoisotopic (exact) mass is 304 g/mol. The molecule has 0 saturated heterocycles. The fourth-order valence-electron chi connectivity index (χ4n) is 1.75. The molecule has 0 aromatic heterocycles. The number of hydrogen-bond acceptors (Lipinski definition) is 4. The van der Waals surface area contributed by atoms with Crippen LogP contribution in [0.1, 0.15) is 26.2 Å². The lowest BCUT2D eigenvalue weighted by molar-refractivity contribution is -0.390. The smallest absolute Gasteiger partial charge is 0.258 e. The lowest BCUT2D eigenvalue weighted by Gasteiger charge is -2.17. The normalized spacial score (nSPS) is 11.8. The molecule has 0 amide bonds. The molecule has 0 radical (unpaired) electrons. The Hall–Kier alpha value is -1.54. The highest BCUT2D eigenvalue weighted by Gasteiger charge is 2.31. The molecule has 1 aromatic rings. The van der Waals surface area contributed by atoms with Gasteiger partial charge in [0.05, 0.1) is 4.92 Å². The first-order valence-corrected chi connectivity index (χ1v) is 7.65. The van der Waals surface area contributed by atoms with Crippen molar-refractivity contribution in [1.29, 1.82) is 0 Å². The molecular weight excluding hydrogens is 287 g/mol. The summed E-state index contributed by atoms with van der Waals surface area (Å²) in [6.45, 7) is 2.22. The minimum absolute atomic E-state index is 0.240. The highest BCUT2D eigenvalue weighted by molar-refractivity contribution is 7.89. The predicted octanol–water partition coefficient (Wildman–Crippen LogP) is 2.54. The second-order valence-corrected chi connectivity index (χ2v) is 6.39. The third kappa shape index (κ3) is 3.51. The first kappa shape index (κ1) is 16.5. The molecule has 0 spiro atoms. The molecule has 0 fully saturated rings. The number of benzene rings is 1. The summed E-state index contributed by atoms with van der Waals surface area (Å²) in [5.74, 6) is -1.15. The summed E-state index contributed by atoms with van der Waals surface area (Å²) < 4.78 is 39.0. The van der Waals surface area contributed by atoms with E-state index in [9.17, 15) is 22.9 Å². The number of para-hydroxylation sites is 1. The van der Waals surface area contributed by atoms with E-state index < -0.39 is 31.3 Å². The third-order valence-electron chi connectivity index (χ3n) is 2.90. The minimum atomic E-state index is -4.07. The zero-order valence-corrected chi connectivity index (χ0v) is 12.2. The molecule has 112 valence electrons. The van der Waals surface area contributed by atoms with Gasteiger partial charge in [-0.1, -0.05) is 25.8 Å². The van der Waals surface area contributed by atoms with Gasteiger partial charge < -0.3 is 0 Å². The van der Waals surface area contributed by atoms with Crippen LogP contribution >= 0.6 is 0 Å². The number of sulfonamides is 1. The molecule has 0 unspecified atom stereocenters. The van der Waals surface area contributed by atoms with Crippen LogP contribution in [0.15, 0.2) is 23.1 Å². The van der Waals surface area contributed by atoms with Crippen molar-refractivity contribution in [1.82, 2.24) is 4.31 Å². The maximum atomic E-state index is 13.5. The number of nitro benzene ring substituents is 1. The first-order valence-electron chi connectivity index (χ1n) is 6.21. The number of rotatable bonds is 7. The molecule has 0 atom stereocenters. The zero-order chi connectivity index (χ0) is 15.3. The topological polar surface area (TPSA) is 80.5 Å². The maximum Gasteiger partial charge on any atom is 0.324 e. The standard InChI is InChI=1S/C12H17FN2O4S/c1-3-4-5-9-14(2)20(18,19)11-8-6-7-10(13)12(11)15(16)17/h6-8H,3-5,9H2,1-2H3. The molecule has 0 bridgehead atoms. The Balaban J connectivity index is 3.16. The molecule has 6 nitrogen and oxygen atoms in total. The SMILES string of the molecule is CCCCCN(C)S(=O)(=O)c1cccc(F)c1[N+](=O)[O-]. The molecule has 20 heavy (non-hydrogen) atoms. The van der Waals surface area contributed by atoms with E-state index in [1.807, 2.05) is 6.92 Å². The lowest BCUT2D eigenvalue weighted by atomic mass is 10.2. The van der Waals surface area contributed by atoms with Gasteiger partial charge in [-0.25, -0.2) is 12.7 Å². The second-order valence-electron chi connectivity index (χ2n) is 4.38. The summed E-state index contributed by atoms with van der Waals surface area (Å²) in [7, 11) is -2.73. The minimum Gasteiger partial charge on any atom is -0.258 e. The van der Waals surface area contributed by atoms with Crippen molar-refractivity contribution in [2.24, 2.45) is 0 Å². The Morgan fingerprint density at radius 2 is 2.00 bits per heavy atom. The van der Waals surface area contributed by atoms with Gasteiger partial charge in [-0.15, -0.1) is 0 Å². The van der Waals surface area contributed by atoms with E-state index in [4.69, 9.17) is 0 Å². The van der Waals surface area contributed by atoms with Gasteiger partial charge in [-0.2, -0.15) is 4.39 Å². The van der Waals surface area contributed by atoms with Crippen molar-refractivity contribution in [3.05, 3.63) is 34.1 Å². The average molecular weight is 304 g/mol. The zero-order valence-electron chi connectivity index (χ0n) is 11.4. The second kappa shape index (κ2) is 6.76. The Bertz CT molecular complexity index is 589. The summed E-state index contributed by atoms with van der Waals surface area (Å²) in [4.78, 5) is 9.23. The average Bonchev–Trinajstić information content (AvgIpc) is 2.38. The van der Waals surface area contributed by atoms with Gasteiger partial charge in [0.25, 0.3) is 0 Å². The van der Waals surface area contributed by atoms with Gasteiger partial charge in [0.1, 0.15) is 0 Å². The van der Waals surface area contributed by atoms with Gasteiger partial charge in [0.2, 0.25) is 15.8 Å². The molecule has 1 rings (SSSR count). The number of halogens is 1. The molecule has 0 aliphatic rings. The number of nitro groups is 1. The molecule has 0 heterocycles. The van der Waals surface area contributed by atoms with E-state index in [1.54, 1.807) is 0 Å². The van der Waals surface area contributed by atoms with Gasteiger partial charge in [0.15, 0.2) is 4.90 Å². The van der Waals surface area contributed by atoms with Crippen LogP contribution in [0.25, 0.3) is 0 Å². The molecule has 0 aliphatic heterocycles. The van der Waals surface area contributed by atoms with Crippen LogP contribution in [0.2, 0.25) is 0 Å². The third-order valence-corrected chi connectivity index (χ3v) is 4.79. The molecule has 0 aliphatic carbocycles. The first-order chi connectivity index (χ1) is 9.32. The Morgan fingerprint density at radius 1 is 1.35 bits per heavy atom. The van der Waals surface area contributed by atoms with Crippen LogP contribution < -0.4 is 0 Å².